The average Bonchev–Trinajstić information content (AvgIpc) is 2.79. The fraction of sp³-hybridized carbons (Fsp3) is 0.235. The Bertz CT molecular complexity index is 703. The van der Waals surface area contributed by atoms with Crippen molar-refractivity contribution in [1.29, 1.82) is 0 Å². The van der Waals surface area contributed by atoms with Crippen molar-refractivity contribution in [2.75, 3.05) is 11.5 Å². The van der Waals surface area contributed by atoms with Gasteiger partial charge < -0.3 is 9.64 Å². The van der Waals surface area contributed by atoms with Crippen molar-refractivity contribution in [1.82, 2.24) is 0 Å². The summed E-state index contributed by atoms with van der Waals surface area (Å²) in [6.45, 7) is 0.504. The molecule has 0 saturated carbocycles. The van der Waals surface area contributed by atoms with Crippen molar-refractivity contribution in [3.05, 3.63) is 60.2 Å². The standard InChI is InChI=1S/C17H14BrNO2/c18-17-10-15(20)19(12-6-2-1-3-7-12)16(17)13-8-4-5-9-14(13)21-11-17/h1-9,16H,10-11H2. The van der Waals surface area contributed by atoms with Crippen LogP contribution in [0, 0.1) is 0 Å². The topological polar surface area (TPSA) is 29.5 Å². The van der Waals surface area contributed by atoms with E-state index in [1.165, 1.54) is 0 Å². The Kier molecular flexibility index (Phi) is 2.82. The number of amides is 1. The highest BCUT2D eigenvalue weighted by molar-refractivity contribution is 9.10. The van der Waals surface area contributed by atoms with Crippen LogP contribution < -0.4 is 9.64 Å². The third-order valence-corrected chi connectivity index (χ3v) is 5.12. The van der Waals surface area contributed by atoms with Crippen molar-refractivity contribution in [3.8, 4) is 5.75 Å². The molecule has 4 heteroatoms. The molecule has 2 aromatic rings. The molecule has 1 fully saturated rings. The highest BCUT2D eigenvalue weighted by Gasteiger charge is 2.54. The summed E-state index contributed by atoms with van der Waals surface area (Å²) in [6, 6.07) is 17.8. The zero-order chi connectivity index (χ0) is 14.4. The molecule has 0 N–H and O–H groups in total. The van der Waals surface area contributed by atoms with E-state index < -0.39 is 0 Å². The van der Waals surface area contributed by atoms with E-state index in [0.717, 1.165) is 17.0 Å². The normalized spacial score (nSPS) is 27.0. The van der Waals surface area contributed by atoms with Gasteiger partial charge in [0.2, 0.25) is 5.91 Å². The molecule has 0 radical (unpaired) electrons. The molecular weight excluding hydrogens is 330 g/mol. The van der Waals surface area contributed by atoms with Gasteiger partial charge in [0.25, 0.3) is 0 Å². The number of benzene rings is 2. The first-order valence-electron chi connectivity index (χ1n) is 6.97. The van der Waals surface area contributed by atoms with E-state index in [2.05, 4.69) is 15.9 Å². The van der Waals surface area contributed by atoms with Crippen LogP contribution in [0.5, 0.6) is 5.75 Å². The number of carbonyl (C=O) groups is 1. The van der Waals surface area contributed by atoms with Crippen molar-refractivity contribution >= 4 is 27.5 Å². The maximum absolute atomic E-state index is 12.6. The molecular formula is C17H14BrNO2. The fourth-order valence-electron chi connectivity index (χ4n) is 3.27. The Hall–Kier alpha value is -1.81. The summed E-state index contributed by atoms with van der Waals surface area (Å²) in [7, 11) is 0. The molecule has 106 valence electrons. The Labute approximate surface area is 131 Å². The molecule has 2 aliphatic heterocycles. The van der Waals surface area contributed by atoms with Crippen LogP contribution in [0.15, 0.2) is 54.6 Å². The molecule has 2 aromatic carbocycles. The number of rotatable bonds is 1. The van der Waals surface area contributed by atoms with E-state index in [4.69, 9.17) is 4.74 Å². The van der Waals surface area contributed by atoms with Gasteiger partial charge in [-0.05, 0) is 18.2 Å². The Balaban J connectivity index is 1.88. The fourth-order valence-corrected chi connectivity index (χ4v) is 4.08. The molecule has 1 amide bonds. The van der Waals surface area contributed by atoms with E-state index in [1.54, 1.807) is 0 Å². The van der Waals surface area contributed by atoms with Crippen LogP contribution in [0.2, 0.25) is 0 Å². The van der Waals surface area contributed by atoms with Gasteiger partial charge in [0.05, 0.1) is 10.4 Å². The highest BCUT2D eigenvalue weighted by atomic mass is 79.9. The van der Waals surface area contributed by atoms with Crippen LogP contribution in [0.25, 0.3) is 0 Å². The predicted molar refractivity (Wildman–Crippen MR) is 84.9 cm³/mol. The maximum Gasteiger partial charge on any atom is 0.229 e. The quantitative estimate of drug-likeness (QED) is 0.739. The molecule has 2 atom stereocenters. The van der Waals surface area contributed by atoms with Crippen LogP contribution in [-0.4, -0.2) is 16.8 Å². The van der Waals surface area contributed by atoms with Gasteiger partial charge in [-0.2, -0.15) is 0 Å². The number of nitrogens with zero attached hydrogens (tertiary/aromatic N) is 1. The Morgan fingerprint density at radius 1 is 1.10 bits per heavy atom. The molecule has 0 spiro atoms. The number of hydrogen-bond acceptors (Lipinski definition) is 2. The molecule has 4 rings (SSSR count). The number of fused-ring (bicyclic) bond motifs is 3. The van der Waals surface area contributed by atoms with Crippen LogP contribution >= 0.6 is 15.9 Å². The summed E-state index contributed by atoms with van der Waals surface area (Å²) in [5, 5.41) is 0. The molecule has 3 nitrogen and oxygen atoms in total. The summed E-state index contributed by atoms with van der Waals surface area (Å²) < 4.78 is 5.49. The molecule has 0 aliphatic carbocycles. The lowest BCUT2D eigenvalue weighted by molar-refractivity contribution is -0.117. The second kappa shape index (κ2) is 4.60. The summed E-state index contributed by atoms with van der Waals surface area (Å²) in [5.41, 5.74) is 2.00. The second-order valence-electron chi connectivity index (χ2n) is 5.54. The van der Waals surface area contributed by atoms with Crippen molar-refractivity contribution in [3.63, 3.8) is 0 Å². The monoisotopic (exact) mass is 343 g/mol. The number of hydrogen-bond donors (Lipinski definition) is 0. The Morgan fingerprint density at radius 3 is 2.62 bits per heavy atom. The van der Waals surface area contributed by atoms with Crippen LogP contribution in [0.1, 0.15) is 18.0 Å². The molecule has 21 heavy (non-hydrogen) atoms. The molecule has 0 aromatic heterocycles. The first-order valence-corrected chi connectivity index (χ1v) is 7.76. The number of ether oxygens (including phenoxy) is 1. The van der Waals surface area contributed by atoms with Crippen LogP contribution in [-0.2, 0) is 4.79 Å². The SMILES string of the molecule is O=C1CC2(Br)COc3ccccc3C2N1c1ccccc1. The predicted octanol–water partition coefficient (Wildman–Crippen LogP) is 3.69. The average molecular weight is 344 g/mol. The molecule has 2 heterocycles. The van der Waals surface area contributed by atoms with E-state index >= 15 is 0 Å². The van der Waals surface area contributed by atoms with E-state index in [1.807, 2.05) is 59.5 Å². The number of halogens is 1. The van der Waals surface area contributed by atoms with Crippen LogP contribution in [0.4, 0.5) is 5.69 Å². The van der Waals surface area contributed by atoms with E-state index in [9.17, 15) is 4.79 Å². The second-order valence-corrected chi connectivity index (χ2v) is 7.12. The molecule has 1 saturated heterocycles. The van der Waals surface area contributed by atoms with Gasteiger partial charge >= 0.3 is 0 Å². The lowest BCUT2D eigenvalue weighted by Crippen LogP contribution is -2.41. The summed E-state index contributed by atoms with van der Waals surface area (Å²) in [6.07, 6.45) is 0.445. The van der Waals surface area contributed by atoms with Crippen molar-refractivity contribution in [2.24, 2.45) is 0 Å². The maximum atomic E-state index is 12.6. The van der Waals surface area contributed by atoms with Gasteiger partial charge in [-0.3, -0.25) is 4.79 Å². The number of anilines is 1. The van der Waals surface area contributed by atoms with E-state index in [-0.39, 0.29) is 16.3 Å². The first kappa shape index (κ1) is 12.9. The van der Waals surface area contributed by atoms with Gasteiger partial charge in [-0.1, -0.05) is 52.3 Å². The largest absolute Gasteiger partial charge is 0.492 e. The minimum absolute atomic E-state index is 0.0302. The molecule has 2 unspecified atom stereocenters. The zero-order valence-electron chi connectivity index (χ0n) is 11.3. The van der Waals surface area contributed by atoms with Gasteiger partial charge in [0.1, 0.15) is 12.4 Å². The van der Waals surface area contributed by atoms with Gasteiger partial charge in [0.15, 0.2) is 0 Å². The zero-order valence-corrected chi connectivity index (χ0v) is 12.9. The minimum Gasteiger partial charge on any atom is -0.492 e. The number of para-hydroxylation sites is 2. The smallest absolute Gasteiger partial charge is 0.229 e. The number of carbonyl (C=O) groups excluding carboxylic acids is 1. The molecule has 0 bridgehead atoms. The van der Waals surface area contributed by atoms with Gasteiger partial charge in [-0.15, -0.1) is 0 Å². The van der Waals surface area contributed by atoms with Crippen molar-refractivity contribution in [2.45, 2.75) is 16.8 Å². The minimum atomic E-state index is -0.353. The molecule has 2 aliphatic rings. The third kappa shape index (κ3) is 1.89. The summed E-state index contributed by atoms with van der Waals surface area (Å²) in [4.78, 5) is 14.5. The highest BCUT2D eigenvalue weighted by Crippen LogP contribution is 2.53. The first-order chi connectivity index (χ1) is 10.2. The number of alkyl halides is 1. The lowest BCUT2D eigenvalue weighted by Gasteiger charge is -2.38. The van der Waals surface area contributed by atoms with Crippen LogP contribution in [0.3, 0.4) is 0 Å². The Morgan fingerprint density at radius 2 is 1.81 bits per heavy atom. The summed E-state index contributed by atoms with van der Waals surface area (Å²) in [5.74, 6) is 0.997. The van der Waals surface area contributed by atoms with Gasteiger partial charge in [-0.25, -0.2) is 0 Å². The van der Waals surface area contributed by atoms with E-state index in [0.29, 0.717) is 13.0 Å². The summed E-state index contributed by atoms with van der Waals surface area (Å²) >= 11 is 3.78. The lowest BCUT2D eigenvalue weighted by atomic mass is 9.91. The van der Waals surface area contributed by atoms with Gasteiger partial charge in [0, 0.05) is 17.7 Å². The third-order valence-electron chi connectivity index (χ3n) is 4.18. The van der Waals surface area contributed by atoms with Crippen molar-refractivity contribution < 1.29 is 9.53 Å².